The van der Waals surface area contributed by atoms with Crippen LogP contribution in [-0.4, -0.2) is 42.2 Å². The predicted molar refractivity (Wildman–Crippen MR) is 93.0 cm³/mol. The van der Waals surface area contributed by atoms with Crippen LogP contribution in [0.4, 0.5) is 4.79 Å². The largest absolute Gasteiger partial charge is 0.444 e. The molecule has 8 nitrogen and oxygen atoms in total. The number of halogens is 1. The molecule has 24 heavy (non-hydrogen) atoms. The molecular formula is C14H24BrN3O5S. The number of nitrogens with one attached hydrogen (secondary N) is 1. The van der Waals surface area contributed by atoms with Crippen molar-refractivity contribution in [3.8, 4) is 0 Å². The Morgan fingerprint density at radius 1 is 1.46 bits per heavy atom. The summed E-state index contributed by atoms with van der Waals surface area (Å²) in [7, 11) is -3.55. The fourth-order valence-electron chi connectivity index (χ4n) is 1.82. The standard InChI is InChI=1S/C14H24BrN3O5S/c1-6-10(16-13(19)23-14(2,3)4)8-18-11(7-12(15)17-18)9-22-24(5,20)21/h7,10H,6,8-9H2,1-5H3,(H,16,19)/t10-/m0/s1. The van der Waals surface area contributed by atoms with Gasteiger partial charge in [0.05, 0.1) is 24.5 Å². The Morgan fingerprint density at radius 3 is 2.58 bits per heavy atom. The van der Waals surface area contributed by atoms with E-state index in [1.807, 2.05) is 6.92 Å². The van der Waals surface area contributed by atoms with Crippen molar-refractivity contribution in [3.05, 3.63) is 16.4 Å². The van der Waals surface area contributed by atoms with Crippen LogP contribution in [0.15, 0.2) is 10.7 Å². The molecule has 0 bridgehead atoms. The van der Waals surface area contributed by atoms with E-state index in [4.69, 9.17) is 8.92 Å². The molecule has 0 radical (unpaired) electrons. The summed E-state index contributed by atoms with van der Waals surface area (Å²) in [5.74, 6) is 0. The number of aromatic nitrogens is 2. The van der Waals surface area contributed by atoms with Gasteiger partial charge in [0.25, 0.3) is 10.1 Å². The molecule has 0 saturated carbocycles. The molecule has 138 valence electrons. The van der Waals surface area contributed by atoms with Gasteiger partial charge in [-0.15, -0.1) is 0 Å². The molecule has 0 spiro atoms. The lowest BCUT2D eigenvalue weighted by atomic mass is 10.2. The highest BCUT2D eigenvalue weighted by atomic mass is 79.9. The Balaban J connectivity index is 2.76. The summed E-state index contributed by atoms with van der Waals surface area (Å²) in [4.78, 5) is 11.9. The number of hydrogen-bond donors (Lipinski definition) is 1. The minimum absolute atomic E-state index is 0.125. The molecule has 1 rings (SSSR count). The lowest BCUT2D eigenvalue weighted by Gasteiger charge is -2.23. The van der Waals surface area contributed by atoms with Crippen LogP contribution in [0.5, 0.6) is 0 Å². The van der Waals surface area contributed by atoms with Crippen molar-refractivity contribution < 1.29 is 22.1 Å². The molecular weight excluding hydrogens is 402 g/mol. The average Bonchev–Trinajstić information content (AvgIpc) is 2.72. The van der Waals surface area contributed by atoms with E-state index in [0.29, 0.717) is 23.3 Å². The first-order valence-corrected chi connectivity index (χ1v) is 10.1. The van der Waals surface area contributed by atoms with E-state index in [2.05, 4.69) is 26.3 Å². The molecule has 0 saturated heterocycles. The van der Waals surface area contributed by atoms with Gasteiger partial charge in [-0.3, -0.25) is 8.86 Å². The second-order valence-electron chi connectivity index (χ2n) is 6.36. The lowest BCUT2D eigenvalue weighted by molar-refractivity contribution is 0.0496. The van der Waals surface area contributed by atoms with Gasteiger partial charge < -0.3 is 10.1 Å². The maximum Gasteiger partial charge on any atom is 0.407 e. The quantitative estimate of drug-likeness (QED) is 0.673. The molecule has 1 aromatic rings. The third-order valence-corrected chi connectivity index (χ3v) is 3.79. The summed E-state index contributed by atoms with van der Waals surface area (Å²) in [5.41, 5.74) is 0.00252. The Morgan fingerprint density at radius 2 is 2.08 bits per heavy atom. The van der Waals surface area contributed by atoms with E-state index in [1.165, 1.54) is 0 Å². The predicted octanol–water partition coefficient (Wildman–Crippen LogP) is 2.43. The third-order valence-electron chi connectivity index (χ3n) is 2.86. The number of ether oxygens (including phenoxy) is 1. The maximum atomic E-state index is 11.9. The van der Waals surface area contributed by atoms with E-state index >= 15 is 0 Å². The molecule has 1 amide bonds. The highest BCUT2D eigenvalue weighted by Gasteiger charge is 2.20. The van der Waals surface area contributed by atoms with Gasteiger partial charge in [0, 0.05) is 0 Å². The van der Waals surface area contributed by atoms with Gasteiger partial charge in [-0.05, 0) is 49.2 Å². The van der Waals surface area contributed by atoms with Crippen molar-refractivity contribution in [2.75, 3.05) is 6.26 Å². The summed E-state index contributed by atoms with van der Waals surface area (Å²) in [6.45, 7) is 7.54. The van der Waals surface area contributed by atoms with Crippen LogP contribution in [0.3, 0.4) is 0 Å². The Bertz CT molecular complexity index is 666. The van der Waals surface area contributed by atoms with Crippen LogP contribution < -0.4 is 5.32 Å². The first kappa shape index (κ1) is 20.9. The fourth-order valence-corrected chi connectivity index (χ4v) is 2.61. The second-order valence-corrected chi connectivity index (χ2v) is 8.81. The highest BCUT2D eigenvalue weighted by Crippen LogP contribution is 2.14. The van der Waals surface area contributed by atoms with Gasteiger partial charge in [0.15, 0.2) is 0 Å². The zero-order chi connectivity index (χ0) is 18.5. The lowest BCUT2D eigenvalue weighted by Crippen LogP contribution is -2.41. The molecule has 0 aromatic carbocycles. The number of rotatable bonds is 7. The molecule has 10 heteroatoms. The Hall–Kier alpha value is -1.13. The topological polar surface area (TPSA) is 99.5 Å². The zero-order valence-electron chi connectivity index (χ0n) is 14.5. The van der Waals surface area contributed by atoms with E-state index in [1.54, 1.807) is 31.5 Å². The van der Waals surface area contributed by atoms with Gasteiger partial charge in [0.1, 0.15) is 16.8 Å². The SMILES string of the molecule is CC[C@@H](Cn1nc(Br)cc1COS(C)(=O)=O)NC(=O)OC(C)(C)C. The molecule has 1 aromatic heterocycles. The van der Waals surface area contributed by atoms with Gasteiger partial charge in [-0.1, -0.05) is 6.92 Å². The smallest absolute Gasteiger partial charge is 0.407 e. The molecule has 1 atom stereocenters. The first-order valence-electron chi connectivity index (χ1n) is 7.45. The van der Waals surface area contributed by atoms with Crippen LogP contribution in [0.2, 0.25) is 0 Å². The molecule has 0 aliphatic rings. The molecule has 0 aliphatic heterocycles. The molecule has 1 heterocycles. The molecule has 0 aliphatic carbocycles. The van der Waals surface area contributed by atoms with Crippen molar-refractivity contribution in [1.82, 2.24) is 15.1 Å². The van der Waals surface area contributed by atoms with E-state index < -0.39 is 21.8 Å². The number of alkyl carbamates (subject to hydrolysis) is 1. The van der Waals surface area contributed by atoms with E-state index in [-0.39, 0.29) is 12.6 Å². The van der Waals surface area contributed by atoms with Crippen molar-refractivity contribution in [2.45, 2.75) is 58.9 Å². The van der Waals surface area contributed by atoms with Crippen LogP contribution in [0.1, 0.15) is 39.8 Å². The third kappa shape index (κ3) is 8.11. The summed E-state index contributed by atoms with van der Waals surface area (Å²) in [6, 6.07) is 1.45. The zero-order valence-corrected chi connectivity index (χ0v) is 16.9. The van der Waals surface area contributed by atoms with Crippen LogP contribution >= 0.6 is 15.9 Å². The molecule has 0 unspecified atom stereocenters. The summed E-state index contributed by atoms with van der Waals surface area (Å²) >= 11 is 3.26. The number of amides is 1. The van der Waals surface area contributed by atoms with Gasteiger partial charge in [-0.2, -0.15) is 13.5 Å². The van der Waals surface area contributed by atoms with E-state index in [0.717, 1.165) is 6.26 Å². The monoisotopic (exact) mass is 425 g/mol. The normalized spacial score (nSPS) is 13.6. The summed E-state index contributed by atoms with van der Waals surface area (Å²) in [6.07, 6.45) is 1.14. The Labute approximate surface area is 151 Å². The first-order chi connectivity index (χ1) is 10.9. The highest BCUT2D eigenvalue weighted by molar-refractivity contribution is 9.10. The van der Waals surface area contributed by atoms with Gasteiger partial charge in [0.2, 0.25) is 0 Å². The summed E-state index contributed by atoms with van der Waals surface area (Å²) in [5, 5.41) is 7.03. The fraction of sp³-hybridized carbons (Fsp3) is 0.714. The average molecular weight is 426 g/mol. The van der Waals surface area contributed by atoms with Crippen molar-refractivity contribution >= 4 is 32.1 Å². The number of carbonyl (C=O) groups is 1. The van der Waals surface area contributed by atoms with Crippen LogP contribution in [0.25, 0.3) is 0 Å². The molecule has 0 fully saturated rings. The van der Waals surface area contributed by atoms with Gasteiger partial charge >= 0.3 is 6.09 Å². The second kappa shape index (κ2) is 8.30. The van der Waals surface area contributed by atoms with Crippen molar-refractivity contribution in [3.63, 3.8) is 0 Å². The van der Waals surface area contributed by atoms with Crippen LogP contribution in [0, 0.1) is 0 Å². The molecule has 1 N–H and O–H groups in total. The Kier molecular flexibility index (Phi) is 7.24. The van der Waals surface area contributed by atoms with Crippen LogP contribution in [-0.2, 0) is 32.2 Å². The van der Waals surface area contributed by atoms with Crippen molar-refractivity contribution in [2.24, 2.45) is 0 Å². The number of nitrogens with zero attached hydrogens (tertiary/aromatic N) is 2. The minimum atomic E-state index is -3.55. The van der Waals surface area contributed by atoms with Gasteiger partial charge in [-0.25, -0.2) is 4.79 Å². The van der Waals surface area contributed by atoms with E-state index in [9.17, 15) is 13.2 Å². The maximum absolute atomic E-state index is 11.9. The minimum Gasteiger partial charge on any atom is -0.444 e. The summed E-state index contributed by atoms with van der Waals surface area (Å²) < 4.78 is 34.5. The van der Waals surface area contributed by atoms with Crippen molar-refractivity contribution in [1.29, 1.82) is 0 Å². The number of carbonyl (C=O) groups excluding carboxylic acids is 1. The number of hydrogen-bond acceptors (Lipinski definition) is 6.